The largest absolute Gasteiger partial charge is 0.465 e. The summed E-state index contributed by atoms with van der Waals surface area (Å²) < 4.78 is 6.33. The lowest BCUT2D eigenvalue weighted by Crippen LogP contribution is -2.05. The minimum Gasteiger partial charge on any atom is -0.465 e. The Hall–Kier alpha value is -2.29. The molecule has 0 fully saturated rings. The lowest BCUT2D eigenvalue weighted by atomic mass is 10.1. The number of aryl methyl sites for hydroxylation is 1. The lowest BCUT2D eigenvalue weighted by molar-refractivity contribution is -0.135. The number of nitrogens with zero attached hydrogens (tertiary/aromatic N) is 3. The third-order valence-corrected chi connectivity index (χ3v) is 4.33. The van der Waals surface area contributed by atoms with Crippen molar-refractivity contribution in [1.82, 2.24) is 9.78 Å². The van der Waals surface area contributed by atoms with Gasteiger partial charge in [-0.2, -0.15) is 10.4 Å². The summed E-state index contributed by atoms with van der Waals surface area (Å²) in [6.45, 7) is 4.04. The maximum absolute atomic E-state index is 11.6. The number of carbonyl (C=O) groups is 1. The molecule has 0 aliphatic rings. The van der Waals surface area contributed by atoms with E-state index in [9.17, 15) is 4.79 Å². The molecule has 0 amide bonds. The average molecular weight is 364 g/mol. The quantitative estimate of drug-likeness (QED) is 0.468. The zero-order valence-electron chi connectivity index (χ0n) is 13.4. The molecule has 0 spiro atoms. The van der Waals surface area contributed by atoms with Crippen molar-refractivity contribution in [2.24, 2.45) is 0 Å². The summed E-state index contributed by atoms with van der Waals surface area (Å²) in [6.07, 6.45) is 1.48. The minimum absolute atomic E-state index is 0.0842. The number of carbonyl (C=O) groups excluding carboxylic acids is 1. The Morgan fingerprint density at radius 1 is 1.38 bits per heavy atom. The fourth-order valence-corrected chi connectivity index (χ4v) is 2.81. The standard InChI is InChI=1S/C17H15Cl2N3O2/c1-10-13(7-12(8-20)17(23)24-3)11(2)22(21-10)9-14-15(18)5-4-6-16(14)19/h4-7H,9H2,1-3H3/b12-7+. The summed E-state index contributed by atoms with van der Waals surface area (Å²) in [4.78, 5) is 11.6. The van der Waals surface area contributed by atoms with Gasteiger partial charge in [0.05, 0.1) is 19.3 Å². The molecule has 0 saturated carbocycles. The summed E-state index contributed by atoms with van der Waals surface area (Å²) in [5, 5.41) is 14.7. The Bertz CT molecular complexity index is 843. The van der Waals surface area contributed by atoms with Crippen LogP contribution in [0.2, 0.25) is 10.0 Å². The Kier molecular flexibility index (Phi) is 5.66. The maximum atomic E-state index is 11.6. The molecule has 1 heterocycles. The van der Waals surface area contributed by atoms with Gasteiger partial charge in [-0.1, -0.05) is 29.3 Å². The number of rotatable bonds is 4. The first-order valence-corrected chi connectivity index (χ1v) is 7.81. The third-order valence-electron chi connectivity index (χ3n) is 3.62. The van der Waals surface area contributed by atoms with E-state index in [1.807, 2.05) is 13.0 Å². The third kappa shape index (κ3) is 3.61. The van der Waals surface area contributed by atoms with Crippen molar-refractivity contribution < 1.29 is 9.53 Å². The molecule has 1 aromatic carbocycles. The number of nitriles is 1. The minimum atomic E-state index is -0.682. The number of hydrogen-bond acceptors (Lipinski definition) is 4. The van der Waals surface area contributed by atoms with Crippen molar-refractivity contribution in [2.75, 3.05) is 7.11 Å². The van der Waals surface area contributed by atoms with Crippen LogP contribution in [-0.2, 0) is 16.1 Å². The number of benzene rings is 1. The van der Waals surface area contributed by atoms with Crippen LogP contribution in [0.5, 0.6) is 0 Å². The molecule has 5 nitrogen and oxygen atoms in total. The van der Waals surface area contributed by atoms with Crippen LogP contribution in [0.15, 0.2) is 23.8 Å². The molecule has 0 unspecified atom stereocenters. The average Bonchev–Trinajstić information content (AvgIpc) is 2.82. The normalized spacial score (nSPS) is 11.2. The summed E-state index contributed by atoms with van der Waals surface area (Å²) in [5.41, 5.74) is 2.85. The zero-order chi connectivity index (χ0) is 17.9. The van der Waals surface area contributed by atoms with Gasteiger partial charge < -0.3 is 4.74 Å². The van der Waals surface area contributed by atoms with E-state index in [0.29, 0.717) is 27.8 Å². The van der Waals surface area contributed by atoms with E-state index in [-0.39, 0.29) is 5.57 Å². The Morgan fingerprint density at radius 2 is 2.00 bits per heavy atom. The number of aromatic nitrogens is 2. The first-order chi connectivity index (χ1) is 11.4. The predicted molar refractivity (Wildman–Crippen MR) is 92.9 cm³/mol. The second-order valence-corrected chi connectivity index (χ2v) is 5.92. The van der Waals surface area contributed by atoms with Gasteiger partial charge in [0.25, 0.3) is 0 Å². The zero-order valence-corrected chi connectivity index (χ0v) is 14.9. The van der Waals surface area contributed by atoms with E-state index in [2.05, 4.69) is 9.84 Å². The van der Waals surface area contributed by atoms with E-state index in [0.717, 1.165) is 11.3 Å². The molecule has 2 rings (SSSR count). The number of ether oxygens (including phenoxy) is 1. The van der Waals surface area contributed by atoms with Gasteiger partial charge >= 0.3 is 5.97 Å². The van der Waals surface area contributed by atoms with E-state index >= 15 is 0 Å². The van der Waals surface area contributed by atoms with Crippen molar-refractivity contribution in [3.05, 3.63) is 56.3 Å². The van der Waals surface area contributed by atoms with Gasteiger partial charge in [0.2, 0.25) is 0 Å². The second kappa shape index (κ2) is 7.52. The molecule has 0 aliphatic carbocycles. The number of methoxy groups -OCH3 is 1. The van der Waals surface area contributed by atoms with Gasteiger partial charge in [-0.05, 0) is 32.1 Å². The van der Waals surface area contributed by atoms with Crippen LogP contribution in [0, 0.1) is 25.2 Å². The Morgan fingerprint density at radius 3 is 2.54 bits per heavy atom. The molecule has 0 atom stereocenters. The molecule has 1 aromatic heterocycles. The molecule has 24 heavy (non-hydrogen) atoms. The highest BCUT2D eigenvalue weighted by Crippen LogP contribution is 2.26. The number of hydrogen-bond donors (Lipinski definition) is 0. The highest BCUT2D eigenvalue weighted by molar-refractivity contribution is 6.35. The van der Waals surface area contributed by atoms with Crippen molar-refractivity contribution in [1.29, 1.82) is 5.26 Å². The first-order valence-electron chi connectivity index (χ1n) is 7.06. The molecular weight excluding hydrogens is 349 g/mol. The molecular formula is C17H15Cl2N3O2. The molecule has 124 valence electrons. The summed E-state index contributed by atoms with van der Waals surface area (Å²) in [5.74, 6) is -0.682. The van der Waals surface area contributed by atoms with Crippen LogP contribution in [0.25, 0.3) is 6.08 Å². The molecule has 0 saturated heterocycles. The second-order valence-electron chi connectivity index (χ2n) is 5.10. The van der Waals surface area contributed by atoms with Crippen LogP contribution in [0.4, 0.5) is 0 Å². The topological polar surface area (TPSA) is 67.9 Å². The van der Waals surface area contributed by atoms with Gasteiger partial charge in [-0.15, -0.1) is 0 Å². The van der Waals surface area contributed by atoms with E-state index in [1.165, 1.54) is 13.2 Å². The molecule has 2 aromatic rings. The molecule has 0 N–H and O–H groups in total. The predicted octanol–water partition coefficient (Wildman–Crippen LogP) is 3.94. The first kappa shape index (κ1) is 18.1. The monoisotopic (exact) mass is 363 g/mol. The van der Waals surface area contributed by atoms with Gasteiger partial charge in [0.1, 0.15) is 11.6 Å². The van der Waals surface area contributed by atoms with Crippen molar-refractivity contribution in [3.8, 4) is 6.07 Å². The fourth-order valence-electron chi connectivity index (χ4n) is 2.30. The molecule has 7 heteroatoms. The number of esters is 1. The van der Waals surface area contributed by atoms with Gasteiger partial charge in [-0.3, -0.25) is 4.68 Å². The SMILES string of the molecule is COC(=O)/C(C#N)=C/c1c(C)nn(Cc2c(Cl)cccc2Cl)c1C. The van der Waals surface area contributed by atoms with Crippen LogP contribution in [-0.4, -0.2) is 22.9 Å². The van der Waals surface area contributed by atoms with Gasteiger partial charge in [0.15, 0.2) is 0 Å². The summed E-state index contributed by atoms with van der Waals surface area (Å²) in [7, 11) is 1.23. The highest BCUT2D eigenvalue weighted by Gasteiger charge is 2.16. The highest BCUT2D eigenvalue weighted by atomic mass is 35.5. The fraction of sp³-hybridized carbons (Fsp3) is 0.235. The van der Waals surface area contributed by atoms with E-state index < -0.39 is 5.97 Å². The van der Waals surface area contributed by atoms with Crippen LogP contribution < -0.4 is 0 Å². The van der Waals surface area contributed by atoms with Crippen LogP contribution >= 0.6 is 23.2 Å². The van der Waals surface area contributed by atoms with Gasteiger partial charge in [-0.25, -0.2) is 4.79 Å². The van der Waals surface area contributed by atoms with E-state index in [4.69, 9.17) is 28.5 Å². The number of halogens is 2. The molecule has 0 aliphatic heterocycles. The van der Waals surface area contributed by atoms with Gasteiger partial charge in [0, 0.05) is 26.9 Å². The molecule has 0 radical (unpaired) electrons. The van der Waals surface area contributed by atoms with Crippen molar-refractivity contribution in [2.45, 2.75) is 20.4 Å². The molecule has 0 bridgehead atoms. The summed E-state index contributed by atoms with van der Waals surface area (Å²) >= 11 is 12.4. The Labute approximate surface area is 150 Å². The van der Waals surface area contributed by atoms with E-state index in [1.54, 1.807) is 29.8 Å². The van der Waals surface area contributed by atoms with Crippen LogP contribution in [0.1, 0.15) is 22.5 Å². The maximum Gasteiger partial charge on any atom is 0.348 e. The van der Waals surface area contributed by atoms with Crippen molar-refractivity contribution >= 4 is 35.2 Å². The lowest BCUT2D eigenvalue weighted by Gasteiger charge is -2.09. The smallest absolute Gasteiger partial charge is 0.348 e. The Balaban J connectivity index is 2.45. The van der Waals surface area contributed by atoms with Crippen molar-refractivity contribution in [3.63, 3.8) is 0 Å². The van der Waals surface area contributed by atoms with Crippen LogP contribution in [0.3, 0.4) is 0 Å². The summed E-state index contributed by atoms with van der Waals surface area (Å²) in [6, 6.07) is 7.15.